The Bertz CT molecular complexity index is 608. The van der Waals surface area contributed by atoms with Crippen molar-refractivity contribution in [1.82, 2.24) is 5.32 Å². The summed E-state index contributed by atoms with van der Waals surface area (Å²) in [4.78, 5) is 24.4. The molecule has 0 aromatic carbocycles. The lowest BCUT2D eigenvalue weighted by Gasteiger charge is -2.34. The minimum absolute atomic E-state index is 0.102. The van der Waals surface area contributed by atoms with Gasteiger partial charge in [0.2, 0.25) is 0 Å². The summed E-state index contributed by atoms with van der Waals surface area (Å²) in [6.45, 7) is 12.3. The smallest absolute Gasteiger partial charge is 0.446 e. The standard InChI is InChI=1S/C22H44N2O9/c1-15(19(2,3)4)32-17(28)24-22(11-26,12-27)14-30-9-16(20(5,6)7)33-18(29)31-13-21(8,23)10-25/h15-16,25-27H,9-14,23H2,1-8H3,(H,24,28)/t15-,16-,21?/m1/s1. The minimum atomic E-state index is -1.50. The van der Waals surface area contributed by atoms with Crippen LogP contribution in [0.4, 0.5) is 9.59 Å². The fraction of sp³-hybridized carbons (Fsp3) is 0.909. The second kappa shape index (κ2) is 12.7. The Hall–Kier alpha value is -1.66. The van der Waals surface area contributed by atoms with Crippen LogP contribution in [0.2, 0.25) is 0 Å². The fourth-order valence-electron chi connectivity index (χ4n) is 2.08. The zero-order chi connectivity index (χ0) is 26.1. The van der Waals surface area contributed by atoms with E-state index in [-0.39, 0.29) is 31.8 Å². The van der Waals surface area contributed by atoms with E-state index in [9.17, 15) is 19.8 Å². The molecule has 0 aromatic heterocycles. The van der Waals surface area contributed by atoms with Crippen LogP contribution in [0.15, 0.2) is 0 Å². The zero-order valence-electron chi connectivity index (χ0n) is 21.3. The molecule has 6 N–H and O–H groups in total. The Morgan fingerprint density at radius 3 is 1.85 bits per heavy atom. The highest BCUT2D eigenvalue weighted by Gasteiger charge is 2.36. The highest BCUT2D eigenvalue weighted by Crippen LogP contribution is 2.24. The second-order valence-electron chi connectivity index (χ2n) is 11.0. The molecule has 0 saturated heterocycles. The summed E-state index contributed by atoms with van der Waals surface area (Å²) in [5.41, 5.74) is 2.30. The van der Waals surface area contributed by atoms with E-state index in [1.165, 1.54) is 6.92 Å². The largest absolute Gasteiger partial charge is 0.508 e. The fourth-order valence-corrected chi connectivity index (χ4v) is 2.08. The van der Waals surface area contributed by atoms with E-state index in [0.29, 0.717) is 0 Å². The summed E-state index contributed by atoms with van der Waals surface area (Å²) in [7, 11) is 0. The number of alkyl carbamates (subject to hydrolysis) is 1. The number of aliphatic hydroxyl groups excluding tert-OH is 3. The van der Waals surface area contributed by atoms with Crippen LogP contribution in [-0.4, -0.2) is 90.5 Å². The Kier molecular flexibility index (Phi) is 12.1. The van der Waals surface area contributed by atoms with Crippen molar-refractivity contribution in [3.8, 4) is 0 Å². The van der Waals surface area contributed by atoms with Crippen LogP contribution in [-0.2, 0) is 18.9 Å². The molecule has 0 rings (SSSR count). The maximum absolute atomic E-state index is 12.3. The van der Waals surface area contributed by atoms with E-state index in [4.69, 9.17) is 29.8 Å². The van der Waals surface area contributed by atoms with Crippen LogP contribution in [0.3, 0.4) is 0 Å². The molecule has 11 heteroatoms. The number of carbonyl (C=O) groups excluding carboxylic acids is 2. The summed E-state index contributed by atoms with van der Waals surface area (Å²) in [6, 6.07) is 0. The van der Waals surface area contributed by atoms with Gasteiger partial charge in [-0.25, -0.2) is 9.59 Å². The van der Waals surface area contributed by atoms with Crippen molar-refractivity contribution in [1.29, 1.82) is 0 Å². The number of nitrogens with one attached hydrogen (secondary N) is 1. The summed E-state index contributed by atoms with van der Waals surface area (Å²) < 4.78 is 21.3. The van der Waals surface area contributed by atoms with E-state index < -0.39 is 54.2 Å². The maximum atomic E-state index is 12.3. The number of amides is 1. The summed E-state index contributed by atoms with van der Waals surface area (Å²) in [6.07, 6.45) is -2.95. The van der Waals surface area contributed by atoms with Gasteiger partial charge >= 0.3 is 12.2 Å². The molecule has 0 aliphatic carbocycles. The minimum Gasteiger partial charge on any atom is -0.446 e. The lowest BCUT2D eigenvalue weighted by atomic mass is 9.89. The van der Waals surface area contributed by atoms with Crippen LogP contribution in [0.5, 0.6) is 0 Å². The monoisotopic (exact) mass is 480 g/mol. The Balaban J connectivity index is 5.02. The third-order valence-electron chi connectivity index (χ3n) is 5.21. The lowest BCUT2D eigenvalue weighted by Crippen LogP contribution is -2.58. The first-order chi connectivity index (χ1) is 14.9. The number of ether oxygens (including phenoxy) is 4. The predicted octanol–water partition coefficient (Wildman–Crippen LogP) is 1.16. The number of hydrogen-bond donors (Lipinski definition) is 5. The molecule has 0 heterocycles. The van der Waals surface area contributed by atoms with E-state index in [1.807, 2.05) is 41.5 Å². The third-order valence-corrected chi connectivity index (χ3v) is 5.21. The maximum Gasteiger partial charge on any atom is 0.508 e. The summed E-state index contributed by atoms with van der Waals surface area (Å²) in [5.74, 6) is 0. The SMILES string of the molecule is C[C@@H](OC(=O)NC(CO)(CO)COC[C@@H](OC(=O)OCC(C)(N)CO)C(C)(C)C)C(C)(C)C. The van der Waals surface area contributed by atoms with Crippen molar-refractivity contribution in [3.63, 3.8) is 0 Å². The van der Waals surface area contributed by atoms with Gasteiger partial charge < -0.3 is 45.3 Å². The summed E-state index contributed by atoms with van der Waals surface area (Å²) >= 11 is 0. The molecule has 11 nitrogen and oxygen atoms in total. The highest BCUT2D eigenvalue weighted by atomic mass is 16.7. The first kappa shape index (κ1) is 31.3. The second-order valence-corrected chi connectivity index (χ2v) is 11.0. The molecular formula is C22H44N2O9. The topological polar surface area (TPSA) is 170 Å². The number of rotatable bonds is 12. The molecule has 0 fully saturated rings. The van der Waals surface area contributed by atoms with Gasteiger partial charge in [0.25, 0.3) is 0 Å². The molecule has 0 aliphatic heterocycles. The molecule has 0 bridgehead atoms. The van der Waals surface area contributed by atoms with Crippen LogP contribution in [0.1, 0.15) is 55.4 Å². The van der Waals surface area contributed by atoms with Crippen LogP contribution < -0.4 is 11.1 Å². The molecule has 0 radical (unpaired) electrons. The first-order valence-electron chi connectivity index (χ1n) is 10.9. The van der Waals surface area contributed by atoms with E-state index in [0.717, 1.165) is 0 Å². The van der Waals surface area contributed by atoms with Gasteiger partial charge in [0.1, 0.15) is 24.4 Å². The molecular weight excluding hydrogens is 436 g/mol. The van der Waals surface area contributed by atoms with E-state index >= 15 is 0 Å². The van der Waals surface area contributed by atoms with E-state index in [2.05, 4.69) is 5.32 Å². The Labute approximate surface area is 196 Å². The van der Waals surface area contributed by atoms with Crippen molar-refractivity contribution in [2.24, 2.45) is 16.6 Å². The normalized spacial score (nSPS) is 16.4. The van der Waals surface area contributed by atoms with Crippen molar-refractivity contribution < 1.29 is 43.9 Å². The van der Waals surface area contributed by atoms with Gasteiger partial charge in [-0.15, -0.1) is 0 Å². The number of aliphatic hydroxyl groups is 3. The van der Waals surface area contributed by atoms with Crippen molar-refractivity contribution in [2.45, 2.75) is 78.7 Å². The highest BCUT2D eigenvalue weighted by molar-refractivity contribution is 5.68. The molecule has 1 unspecified atom stereocenters. The van der Waals surface area contributed by atoms with Gasteiger partial charge in [0.15, 0.2) is 0 Å². The van der Waals surface area contributed by atoms with Gasteiger partial charge in [0, 0.05) is 5.41 Å². The molecule has 33 heavy (non-hydrogen) atoms. The average Bonchev–Trinajstić information content (AvgIpc) is 2.69. The molecule has 0 aromatic rings. The van der Waals surface area contributed by atoms with Gasteiger partial charge in [-0.2, -0.15) is 0 Å². The number of nitrogens with two attached hydrogens (primary N) is 1. The molecule has 0 saturated carbocycles. The van der Waals surface area contributed by atoms with Crippen molar-refractivity contribution in [2.75, 3.05) is 39.6 Å². The summed E-state index contributed by atoms with van der Waals surface area (Å²) in [5, 5.41) is 31.2. The molecule has 3 atom stereocenters. The van der Waals surface area contributed by atoms with Gasteiger partial charge in [-0.1, -0.05) is 41.5 Å². The van der Waals surface area contributed by atoms with Gasteiger partial charge in [-0.3, -0.25) is 0 Å². The lowest BCUT2D eigenvalue weighted by molar-refractivity contribution is -0.0782. The van der Waals surface area contributed by atoms with Gasteiger partial charge in [-0.05, 0) is 19.3 Å². The number of carbonyl (C=O) groups is 2. The molecule has 0 spiro atoms. The quantitative estimate of drug-likeness (QED) is 0.255. The zero-order valence-corrected chi connectivity index (χ0v) is 21.3. The van der Waals surface area contributed by atoms with Crippen molar-refractivity contribution >= 4 is 12.2 Å². The molecule has 196 valence electrons. The van der Waals surface area contributed by atoms with E-state index in [1.54, 1.807) is 6.92 Å². The predicted molar refractivity (Wildman–Crippen MR) is 122 cm³/mol. The number of hydrogen-bond acceptors (Lipinski definition) is 10. The molecule has 0 aliphatic rings. The Morgan fingerprint density at radius 2 is 1.42 bits per heavy atom. The van der Waals surface area contributed by atoms with Crippen LogP contribution >= 0.6 is 0 Å². The average molecular weight is 481 g/mol. The molecule has 1 amide bonds. The third kappa shape index (κ3) is 11.9. The van der Waals surface area contributed by atoms with Crippen molar-refractivity contribution in [3.05, 3.63) is 0 Å². The van der Waals surface area contributed by atoms with Gasteiger partial charge in [0.05, 0.1) is 38.6 Å². The first-order valence-corrected chi connectivity index (χ1v) is 10.9. The van der Waals surface area contributed by atoms with Crippen LogP contribution in [0.25, 0.3) is 0 Å². The van der Waals surface area contributed by atoms with Crippen LogP contribution in [0, 0.1) is 10.8 Å². The Morgan fingerprint density at radius 1 is 0.879 bits per heavy atom.